The van der Waals surface area contributed by atoms with E-state index in [1.807, 2.05) is 42.5 Å². The molecule has 4 rings (SSSR count). The summed E-state index contributed by atoms with van der Waals surface area (Å²) in [5.41, 5.74) is 3.77. The third-order valence-electron chi connectivity index (χ3n) is 5.29. The number of benzene rings is 2. The zero-order valence-corrected chi connectivity index (χ0v) is 15.7. The molecule has 1 saturated carbocycles. The summed E-state index contributed by atoms with van der Waals surface area (Å²) in [6, 6.07) is 18.3. The number of fused-ring (bicyclic) bond motifs is 1. The first-order chi connectivity index (χ1) is 13.2. The molecule has 1 aliphatic carbocycles. The molecule has 138 valence electrons. The number of nitrogens with zero attached hydrogens (tertiary/aromatic N) is 1. The number of hydrogen-bond donors (Lipinski definition) is 2. The number of anilines is 2. The Bertz CT molecular complexity index is 943. The van der Waals surface area contributed by atoms with Gasteiger partial charge in [0.25, 0.3) is 5.91 Å². The molecule has 0 bridgehead atoms. The van der Waals surface area contributed by atoms with Gasteiger partial charge in [-0.15, -0.1) is 0 Å². The summed E-state index contributed by atoms with van der Waals surface area (Å²) in [7, 11) is 0. The van der Waals surface area contributed by atoms with Gasteiger partial charge in [0.15, 0.2) is 0 Å². The van der Waals surface area contributed by atoms with E-state index in [4.69, 9.17) is 4.98 Å². The lowest BCUT2D eigenvalue weighted by Crippen LogP contribution is -2.32. The van der Waals surface area contributed by atoms with E-state index in [1.165, 1.54) is 18.4 Å². The molecule has 0 unspecified atom stereocenters. The first kappa shape index (κ1) is 17.5. The Labute approximate surface area is 160 Å². The van der Waals surface area contributed by atoms with Crippen molar-refractivity contribution < 1.29 is 4.79 Å². The van der Waals surface area contributed by atoms with Crippen molar-refractivity contribution in [2.75, 3.05) is 5.32 Å². The van der Waals surface area contributed by atoms with Crippen LogP contribution in [0.25, 0.3) is 10.9 Å². The van der Waals surface area contributed by atoms with Crippen LogP contribution in [0.15, 0.2) is 54.6 Å². The molecule has 0 spiro atoms. The molecule has 1 fully saturated rings. The van der Waals surface area contributed by atoms with Gasteiger partial charge in [0.1, 0.15) is 5.82 Å². The average molecular weight is 359 g/mol. The number of carbonyl (C=O) groups is 1. The Hall–Kier alpha value is -2.88. The molecule has 4 heteroatoms. The maximum absolute atomic E-state index is 12.9. The molecule has 1 aliphatic rings. The standard InChI is InChI=1S/C23H25N3O/c1-2-16-11-13-18(14-12-16)24-22-15-20(19-9-5-6-10-21(19)26-22)23(27)25-17-7-3-4-8-17/h5-6,9-15,17H,2-4,7-8H2,1H3,(H,24,26)(H,25,27). The fraction of sp³-hybridized carbons (Fsp3) is 0.304. The van der Waals surface area contributed by atoms with Crippen molar-refractivity contribution in [2.24, 2.45) is 0 Å². The summed E-state index contributed by atoms with van der Waals surface area (Å²) in [6.45, 7) is 2.14. The molecule has 0 aliphatic heterocycles. The minimum atomic E-state index is -0.00937. The summed E-state index contributed by atoms with van der Waals surface area (Å²) >= 11 is 0. The lowest BCUT2D eigenvalue weighted by molar-refractivity contribution is 0.0939. The molecule has 0 radical (unpaired) electrons. The lowest BCUT2D eigenvalue weighted by atomic mass is 10.1. The largest absolute Gasteiger partial charge is 0.349 e. The van der Waals surface area contributed by atoms with Crippen LogP contribution in [0.4, 0.5) is 11.5 Å². The van der Waals surface area contributed by atoms with Crippen molar-refractivity contribution in [3.63, 3.8) is 0 Å². The second kappa shape index (κ2) is 7.78. The van der Waals surface area contributed by atoms with E-state index in [0.717, 1.165) is 35.9 Å². The summed E-state index contributed by atoms with van der Waals surface area (Å²) in [5.74, 6) is 0.680. The smallest absolute Gasteiger partial charge is 0.252 e. The fourth-order valence-electron chi connectivity index (χ4n) is 3.73. The Morgan fingerprint density at radius 3 is 2.56 bits per heavy atom. The van der Waals surface area contributed by atoms with Gasteiger partial charge >= 0.3 is 0 Å². The summed E-state index contributed by atoms with van der Waals surface area (Å²) in [4.78, 5) is 17.6. The van der Waals surface area contributed by atoms with E-state index in [0.29, 0.717) is 17.4 Å². The molecular formula is C23H25N3O. The Morgan fingerprint density at radius 2 is 1.81 bits per heavy atom. The van der Waals surface area contributed by atoms with Crippen LogP contribution in [-0.2, 0) is 6.42 Å². The third kappa shape index (κ3) is 3.95. The van der Waals surface area contributed by atoms with Gasteiger partial charge in [-0.1, -0.05) is 50.1 Å². The summed E-state index contributed by atoms with van der Waals surface area (Å²) in [5, 5.41) is 7.43. The molecule has 1 aromatic heterocycles. The number of pyridine rings is 1. The van der Waals surface area contributed by atoms with Gasteiger partial charge in [0.2, 0.25) is 0 Å². The molecule has 3 aromatic rings. The Balaban J connectivity index is 1.65. The first-order valence-corrected chi connectivity index (χ1v) is 9.79. The number of para-hydroxylation sites is 1. The monoisotopic (exact) mass is 359 g/mol. The minimum absolute atomic E-state index is 0.00937. The minimum Gasteiger partial charge on any atom is -0.349 e. The molecule has 2 N–H and O–H groups in total. The summed E-state index contributed by atoms with van der Waals surface area (Å²) in [6.07, 6.45) is 5.55. The number of amides is 1. The van der Waals surface area contributed by atoms with Gasteiger partial charge < -0.3 is 10.6 Å². The maximum Gasteiger partial charge on any atom is 0.252 e. The highest BCUT2D eigenvalue weighted by Gasteiger charge is 2.20. The van der Waals surface area contributed by atoms with E-state index < -0.39 is 0 Å². The van der Waals surface area contributed by atoms with Gasteiger partial charge in [0.05, 0.1) is 11.1 Å². The van der Waals surface area contributed by atoms with Crippen LogP contribution >= 0.6 is 0 Å². The van der Waals surface area contributed by atoms with Gasteiger partial charge in [-0.2, -0.15) is 0 Å². The van der Waals surface area contributed by atoms with E-state index in [-0.39, 0.29) is 5.91 Å². The maximum atomic E-state index is 12.9. The van der Waals surface area contributed by atoms with E-state index in [1.54, 1.807) is 0 Å². The van der Waals surface area contributed by atoms with Crippen LogP contribution in [0.5, 0.6) is 0 Å². The van der Waals surface area contributed by atoms with Crippen LogP contribution in [0.2, 0.25) is 0 Å². The molecule has 4 nitrogen and oxygen atoms in total. The van der Waals surface area contributed by atoms with Crippen LogP contribution in [0.1, 0.15) is 48.5 Å². The molecule has 1 amide bonds. The van der Waals surface area contributed by atoms with Gasteiger partial charge in [0, 0.05) is 17.1 Å². The van der Waals surface area contributed by atoms with Crippen molar-refractivity contribution in [3.05, 3.63) is 65.7 Å². The topological polar surface area (TPSA) is 54.0 Å². The second-order valence-electron chi connectivity index (χ2n) is 7.20. The first-order valence-electron chi connectivity index (χ1n) is 9.79. The van der Waals surface area contributed by atoms with Crippen molar-refractivity contribution in [2.45, 2.75) is 45.1 Å². The van der Waals surface area contributed by atoms with Crippen LogP contribution < -0.4 is 10.6 Å². The number of rotatable bonds is 5. The number of hydrogen-bond acceptors (Lipinski definition) is 3. The van der Waals surface area contributed by atoms with Crippen LogP contribution in [-0.4, -0.2) is 16.9 Å². The highest BCUT2D eigenvalue weighted by molar-refractivity contribution is 6.07. The highest BCUT2D eigenvalue weighted by Crippen LogP contribution is 2.25. The van der Waals surface area contributed by atoms with Gasteiger partial charge in [-0.25, -0.2) is 4.98 Å². The van der Waals surface area contributed by atoms with E-state index in [9.17, 15) is 4.79 Å². The van der Waals surface area contributed by atoms with Crippen molar-refractivity contribution in [1.29, 1.82) is 0 Å². The van der Waals surface area contributed by atoms with Gasteiger partial charge in [-0.05, 0) is 49.1 Å². The number of carbonyl (C=O) groups excluding carboxylic acids is 1. The van der Waals surface area contributed by atoms with E-state index in [2.05, 4.69) is 29.7 Å². The number of aryl methyl sites for hydroxylation is 1. The second-order valence-corrected chi connectivity index (χ2v) is 7.20. The summed E-state index contributed by atoms with van der Waals surface area (Å²) < 4.78 is 0. The number of nitrogens with one attached hydrogen (secondary N) is 2. The average Bonchev–Trinajstić information content (AvgIpc) is 3.21. The number of aromatic nitrogens is 1. The fourth-order valence-corrected chi connectivity index (χ4v) is 3.73. The predicted octanol–water partition coefficient (Wildman–Crippen LogP) is 5.21. The van der Waals surface area contributed by atoms with Crippen LogP contribution in [0, 0.1) is 0 Å². The predicted molar refractivity (Wildman–Crippen MR) is 111 cm³/mol. The third-order valence-corrected chi connectivity index (χ3v) is 5.29. The van der Waals surface area contributed by atoms with Crippen molar-refractivity contribution in [1.82, 2.24) is 10.3 Å². The highest BCUT2D eigenvalue weighted by atomic mass is 16.1. The molecule has 27 heavy (non-hydrogen) atoms. The zero-order valence-electron chi connectivity index (χ0n) is 15.7. The van der Waals surface area contributed by atoms with Crippen molar-refractivity contribution in [3.8, 4) is 0 Å². The Morgan fingerprint density at radius 1 is 1.07 bits per heavy atom. The zero-order chi connectivity index (χ0) is 18.6. The molecule has 0 saturated heterocycles. The molecule has 2 aromatic carbocycles. The SMILES string of the molecule is CCc1ccc(Nc2cc(C(=O)NC3CCCC3)c3ccccc3n2)cc1. The molecular weight excluding hydrogens is 334 g/mol. The lowest BCUT2D eigenvalue weighted by Gasteiger charge is -2.15. The van der Waals surface area contributed by atoms with Gasteiger partial charge in [-0.3, -0.25) is 4.79 Å². The quantitative estimate of drug-likeness (QED) is 0.657. The van der Waals surface area contributed by atoms with Crippen molar-refractivity contribution >= 4 is 28.3 Å². The van der Waals surface area contributed by atoms with E-state index >= 15 is 0 Å². The molecule has 1 heterocycles. The molecule has 0 atom stereocenters. The van der Waals surface area contributed by atoms with Crippen LogP contribution in [0.3, 0.4) is 0 Å². The Kier molecular flexibility index (Phi) is 5.05. The normalized spacial score (nSPS) is 14.4.